The Balaban J connectivity index is 4.09. The smallest absolute Gasteiger partial charge is 0.268 e. The predicted octanol–water partition coefficient (Wildman–Crippen LogP) is 14.1. The van der Waals surface area contributed by atoms with Crippen molar-refractivity contribution in [2.45, 2.75) is 264 Å². The quantitative estimate of drug-likeness (QED) is 0.0273. The molecule has 0 radical (unpaired) electrons. The summed E-state index contributed by atoms with van der Waals surface area (Å²) in [6.07, 6.45) is 50.0. The zero-order valence-electron chi connectivity index (χ0n) is 40.0. The molecule has 0 aromatic heterocycles. The van der Waals surface area contributed by atoms with Gasteiger partial charge in [-0.25, -0.2) is 0 Å². The number of rotatable bonds is 47. The number of carbonyl (C=O) groups is 1. The van der Waals surface area contributed by atoms with Gasteiger partial charge in [0.05, 0.1) is 39.9 Å². The second-order valence-electron chi connectivity index (χ2n) is 18.9. The molecule has 0 aliphatic rings. The van der Waals surface area contributed by atoms with Gasteiger partial charge in [-0.1, -0.05) is 238 Å². The molecule has 0 rings (SSSR count). The molecule has 0 heterocycles. The van der Waals surface area contributed by atoms with Crippen molar-refractivity contribution >= 4 is 13.7 Å². The van der Waals surface area contributed by atoms with E-state index in [0.29, 0.717) is 17.4 Å². The van der Waals surface area contributed by atoms with Crippen LogP contribution in [0.25, 0.3) is 0 Å². The number of nitrogens with one attached hydrogen (secondary N) is 1. The normalized spacial score (nSPS) is 14.2. The second kappa shape index (κ2) is 42.5. The molecular formula is C50H101N2O6P. The Bertz CT molecular complexity index is 974. The van der Waals surface area contributed by atoms with E-state index < -0.39 is 20.0 Å². The second-order valence-corrected chi connectivity index (χ2v) is 20.3. The lowest BCUT2D eigenvalue weighted by Gasteiger charge is -2.29. The number of hydrogen-bond acceptors (Lipinski definition) is 6. The van der Waals surface area contributed by atoms with Crippen molar-refractivity contribution in [2.24, 2.45) is 0 Å². The van der Waals surface area contributed by atoms with E-state index in [0.717, 1.165) is 38.5 Å². The lowest BCUT2D eigenvalue weighted by molar-refractivity contribution is -0.870. The van der Waals surface area contributed by atoms with Gasteiger partial charge in [-0.3, -0.25) is 9.36 Å². The first-order valence-electron chi connectivity index (χ1n) is 25.6. The molecule has 3 atom stereocenters. The summed E-state index contributed by atoms with van der Waals surface area (Å²) in [5, 5.41) is 13.8. The number of hydrogen-bond donors (Lipinski definition) is 2. The van der Waals surface area contributed by atoms with E-state index in [1.807, 2.05) is 27.2 Å². The van der Waals surface area contributed by atoms with Crippen LogP contribution in [0, 0.1) is 0 Å². The zero-order chi connectivity index (χ0) is 43.6. The number of likely N-dealkylation sites (N-methyl/N-ethyl adjacent to an activating group) is 1. The lowest BCUT2D eigenvalue weighted by atomic mass is 10.0. The summed E-state index contributed by atoms with van der Waals surface area (Å²) >= 11 is 0. The van der Waals surface area contributed by atoms with Crippen molar-refractivity contribution in [3.63, 3.8) is 0 Å². The standard InChI is InChI=1S/C50H101N2O6P/c1-6-8-10-12-14-16-18-19-20-21-22-23-24-25-26-27-28-29-30-31-32-34-36-38-40-42-44-50(54)51-48(47-58-59(55,56)57-46-45-52(3,4)5)49(53)43-41-39-37-35-33-17-15-13-11-9-7-2/h41,43,48-49,53H,6-40,42,44-47H2,1-5H3,(H-,51,54,55,56)/b43-41+. The molecule has 352 valence electrons. The van der Waals surface area contributed by atoms with Crippen molar-refractivity contribution in [2.75, 3.05) is 40.9 Å². The molecule has 0 bridgehead atoms. The van der Waals surface area contributed by atoms with Gasteiger partial charge in [-0.15, -0.1) is 0 Å². The minimum atomic E-state index is -4.58. The van der Waals surface area contributed by atoms with Crippen molar-refractivity contribution < 1.29 is 32.9 Å². The number of carbonyl (C=O) groups excluding carboxylic acids is 1. The summed E-state index contributed by atoms with van der Waals surface area (Å²) in [5.74, 6) is -0.194. The topological polar surface area (TPSA) is 108 Å². The van der Waals surface area contributed by atoms with E-state index in [2.05, 4.69) is 19.2 Å². The van der Waals surface area contributed by atoms with E-state index in [1.165, 1.54) is 193 Å². The highest BCUT2D eigenvalue weighted by atomic mass is 31.2. The SMILES string of the molecule is CCCCCCCCCCC/C=C/C(O)C(COP(=O)([O-])OCC[N+](C)(C)C)NC(=O)CCCCCCCCCCCCCCCCCCCCCCCCCCCC. The Labute approximate surface area is 367 Å². The van der Waals surface area contributed by atoms with Gasteiger partial charge in [-0.05, 0) is 19.3 Å². The van der Waals surface area contributed by atoms with Crippen LogP contribution < -0.4 is 10.2 Å². The largest absolute Gasteiger partial charge is 0.756 e. The van der Waals surface area contributed by atoms with Crippen LogP contribution in [0.1, 0.15) is 251 Å². The molecule has 3 unspecified atom stereocenters. The van der Waals surface area contributed by atoms with Crippen molar-refractivity contribution in [1.29, 1.82) is 0 Å². The van der Waals surface area contributed by atoms with E-state index in [-0.39, 0.29) is 19.1 Å². The van der Waals surface area contributed by atoms with Crippen molar-refractivity contribution in [3.8, 4) is 0 Å². The van der Waals surface area contributed by atoms with E-state index in [4.69, 9.17) is 9.05 Å². The van der Waals surface area contributed by atoms with Gasteiger partial charge in [0.2, 0.25) is 5.91 Å². The molecule has 0 saturated carbocycles. The molecule has 1 amide bonds. The Morgan fingerprint density at radius 1 is 0.576 bits per heavy atom. The number of unbranched alkanes of at least 4 members (excludes halogenated alkanes) is 34. The van der Waals surface area contributed by atoms with Crippen LogP contribution in [0.4, 0.5) is 0 Å². The molecule has 0 aliphatic carbocycles. The molecule has 59 heavy (non-hydrogen) atoms. The highest BCUT2D eigenvalue weighted by Crippen LogP contribution is 2.38. The van der Waals surface area contributed by atoms with E-state index >= 15 is 0 Å². The van der Waals surface area contributed by atoms with Crippen LogP contribution in [-0.4, -0.2) is 68.5 Å². The highest BCUT2D eigenvalue weighted by Gasteiger charge is 2.23. The van der Waals surface area contributed by atoms with Gasteiger partial charge < -0.3 is 28.8 Å². The van der Waals surface area contributed by atoms with Gasteiger partial charge in [0.15, 0.2) is 0 Å². The fourth-order valence-electron chi connectivity index (χ4n) is 7.68. The summed E-state index contributed by atoms with van der Waals surface area (Å²) in [6, 6.07) is -0.879. The molecule has 0 aliphatic heterocycles. The molecule has 9 heteroatoms. The van der Waals surface area contributed by atoms with E-state index in [1.54, 1.807) is 6.08 Å². The first-order chi connectivity index (χ1) is 28.5. The summed E-state index contributed by atoms with van der Waals surface area (Å²) in [4.78, 5) is 25.3. The van der Waals surface area contributed by atoms with Crippen molar-refractivity contribution in [3.05, 3.63) is 12.2 Å². The number of quaternary nitrogens is 1. The number of phosphoric ester groups is 1. The average Bonchev–Trinajstić information content (AvgIpc) is 3.19. The molecule has 0 saturated heterocycles. The molecule has 0 fully saturated rings. The summed E-state index contributed by atoms with van der Waals surface area (Å²) in [6.45, 7) is 4.66. The minimum absolute atomic E-state index is 0.00209. The Hall–Kier alpha value is -0.760. The van der Waals surface area contributed by atoms with Crippen LogP contribution in [0.15, 0.2) is 12.2 Å². The number of aliphatic hydroxyl groups excluding tert-OH is 1. The third-order valence-corrected chi connectivity index (χ3v) is 12.7. The Morgan fingerprint density at radius 3 is 1.27 bits per heavy atom. The molecule has 0 aromatic rings. The third-order valence-electron chi connectivity index (χ3n) is 11.7. The molecule has 2 N–H and O–H groups in total. The van der Waals surface area contributed by atoms with Gasteiger partial charge >= 0.3 is 0 Å². The van der Waals surface area contributed by atoms with Gasteiger partial charge in [0.25, 0.3) is 7.82 Å². The fourth-order valence-corrected chi connectivity index (χ4v) is 8.41. The first kappa shape index (κ1) is 58.2. The monoisotopic (exact) mass is 857 g/mol. The Morgan fingerprint density at radius 2 is 0.915 bits per heavy atom. The summed E-state index contributed by atoms with van der Waals surface area (Å²) < 4.78 is 23.2. The molecular weight excluding hydrogens is 756 g/mol. The lowest BCUT2D eigenvalue weighted by Crippen LogP contribution is -2.45. The molecule has 0 spiro atoms. The Kier molecular flexibility index (Phi) is 42.0. The summed E-state index contributed by atoms with van der Waals surface area (Å²) in [7, 11) is 1.27. The zero-order valence-corrected chi connectivity index (χ0v) is 40.9. The number of phosphoric acid groups is 1. The van der Waals surface area contributed by atoms with Crippen molar-refractivity contribution in [1.82, 2.24) is 5.32 Å². The number of aliphatic hydroxyl groups is 1. The molecule has 8 nitrogen and oxygen atoms in total. The average molecular weight is 857 g/mol. The predicted molar refractivity (Wildman–Crippen MR) is 252 cm³/mol. The van der Waals surface area contributed by atoms with Crippen LogP contribution in [0.5, 0.6) is 0 Å². The van der Waals surface area contributed by atoms with Gasteiger partial charge in [0.1, 0.15) is 13.2 Å². The van der Waals surface area contributed by atoms with Crippen LogP contribution in [0.3, 0.4) is 0 Å². The number of nitrogens with zero attached hydrogens (tertiary/aromatic N) is 1. The maximum atomic E-state index is 12.9. The van der Waals surface area contributed by atoms with Gasteiger partial charge in [-0.2, -0.15) is 0 Å². The maximum absolute atomic E-state index is 12.9. The minimum Gasteiger partial charge on any atom is -0.756 e. The fraction of sp³-hybridized carbons (Fsp3) is 0.940. The maximum Gasteiger partial charge on any atom is 0.268 e. The highest BCUT2D eigenvalue weighted by molar-refractivity contribution is 7.45. The third kappa shape index (κ3) is 45.1. The summed E-state index contributed by atoms with van der Waals surface area (Å²) in [5.41, 5.74) is 0. The van der Waals surface area contributed by atoms with Gasteiger partial charge in [0, 0.05) is 6.42 Å². The number of amides is 1. The van der Waals surface area contributed by atoms with Crippen LogP contribution in [0.2, 0.25) is 0 Å². The van der Waals surface area contributed by atoms with Crippen LogP contribution >= 0.6 is 7.82 Å². The first-order valence-corrected chi connectivity index (χ1v) is 27.0. The van der Waals surface area contributed by atoms with Crippen LogP contribution in [-0.2, 0) is 18.4 Å². The van der Waals surface area contributed by atoms with E-state index in [9.17, 15) is 19.4 Å². The number of allylic oxidation sites excluding steroid dienone is 1. The molecule has 0 aromatic carbocycles.